The third-order valence-corrected chi connectivity index (χ3v) is 3.40. The summed E-state index contributed by atoms with van der Waals surface area (Å²) in [6.45, 7) is 4.93. The van der Waals surface area contributed by atoms with Crippen molar-refractivity contribution in [2.24, 2.45) is 0 Å². The van der Waals surface area contributed by atoms with Crippen LogP contribution < -0.4 is 0 Å². The first-order chi connectivity index (χ1) is 8.51. The van der Waals surface area contributed by atoms with Gasteiger partial charge in [0.05, 0.1) is 13.2 Å². The molecule has 1 heterocycles. The molecule has 18 heavy (non-hydrogen) atoms. The molecule has 0 bridgehead atoms. The second-order valence-corrected chi connectivity index (χ2v) is 4.51. The van der Waals surface area contributed by atoms with Crippen LogP contribution in [0.25, 0.3) is 0 Å². The van der Waals surface area contributed by atoms with E-state index in [4.69, 9.17) is 9.84 Å². The van der Waals surface area contributed by atoms with Crippen LogP contribution in [0.1, 0.15) is 26.7 Å². The highest BCUT2D eigenvalue weighted by molar-refractivity contribution is 5.77. The maximum Gasteiger partial charge on any atom is 0.334 e. The summed E-state index contributed by atoms with van der Waals surface area (Å²) in [4.78, 5) is 26.3. The molecule has 0 radical (unpaired) electrons. The van der Waals surface area contributed by atoms with Crippen molar-refractivity contribution in [2.45, 2.75) is 38.8 Å². The first-order valence-corrected chi connectivity index (χ1v) is 6.37. The van der Waals surface area contributed by atoms with E-state index in [0.29, 0.717) is 6.54 Å². The minimum Gasteiger partial charge on any atom is -0.479 e. The predicted molar refractivity (Wildman–Crippen MR) is 66.5 cm³/mol. The normalized spacial score (nSPS) is 20.0. The largest absolute Gasteiger partial charge is 0.479 e. The Hall–Kier alpha value is -1.30. The van der Waals surface area contributed by atoms with Gasteiger partial charge in [0.25, 0.3) is 0 Å². The first-order valence-electron chi connectivity index (χ1n) is 6.37. The molecule has 1 aliphatic rings. The van der Waals surface area contributed by atoms with Gasteiger partial charge in [-0.15, -0.1) is 0 Å². The minimum absolute atomic E-state index is 0.113. The second-order valence-electron chi connectivity index (χ2n) is 4.51. The number of hydrogen-bond donors (Lipinski definition) is 1. The fraction of sp³-hybridized carbons (Fsp3) is 0.833. The quantitative estimate of drug-likeness (QED) is 0.817. The zero-order chi connectivity index (χ0) is 13.7. The van der Waals surface area contributed by atoms with E-state index in [2.05, 4.69) is 0 Å². The molecule has 1 fully saturated rings. The molecule has 0 aliphatic carbocycles. The maximum atomic E-state index is 12.2. The molecule has 1 unspecified atom stereocenters. The van der Waals surface area contributed by atoms with Gasteiger partial charge < -0.3 is 19.6 Å². The van der Waals surface area contributed by atoms with Crippen molar-refractivity contribution in [2.75, 3.05) is 26.7 Å². The van der Waals surface area contributed by atoms with Crippen LogP contribution in [0.2, 0.25) is 0 Å². The maximum absolute atomic E-state index is 12.2. The Morgan fingerprint density at radius 3 is 2.56 bits per heavy atom. The molecule has 0 aromatic carbocycles. The highest BCUT2D eigenvalue weighted by Crippen LogP contribution is 2.12. The molecule has 2 amide bonds. The average Bonchev–Trinajstić information content (AvgIpc) is 2.39. The van der Waals surface area contributed by atoms with Crippen LogP contribution in [0.3, 0.4) is 0 Å². The number of aliphatic carboxylic acids is 1. The van der Waals surface area contributed by atoms with Gasteiger partial charge in [-0.3, -0.25) is 0 Å². The zero-order valence-corrected chi connectivity index (χ0v) is 11.3. The van der Waals surface area contributed by atoms with E-state index in [1.165, 1.54) is 0 Å². The van der Waals surface area contributed by atoms with Crippen LogP contribution in [-0.4, -0.2) is 65.8 Å². The number of nitrogens with zero attached hydrogens (tertiary/aromatic N) is 2. The Labute approximate surface area is 107 Å². The fourth-order valence-electron chi connectivity index (χ4n) is 2.19. The third-order valence-electron chi connectivity index (χ3n) is 3.40. The second kappa shape index (κ2) is 6.58. The highest BCUT2D eigenvalue weighted by Gasteiger charge is 2.31. The lowest BCUT2D eigenvalue weighted by molar-refractivity contribution is -0.154. The standard InChI is InChI=1S/C12H22N2O4/c1-4-9(5-2)13(3)12(17)14-6-7-18-10(8-14)11(15)16/h9-10H,4-8H2,1-3H3,(H,15,16). The average molecular weight is 258 g/mol. The summed E-state index contributed by atoms with van der Waals surface area (Å²) in [6, 6.07) is 0.0851. The summed E-state index contributed by atoms with van der Waals surface area (Å²) in [5, 5.41) is 8.90. The molecule has 0 spiro atoms. The summed E-state index contributed by atoms with van der Waals surface area (Å²) in [5.74, 6) is -1.02. The molecule has 1 rings (SSSR count). The molecule has 6 nitrogen and oxygen atoms in total. The summed E-state index contributed by atoms with van der Waals surface area (Å²) >= 11 is 0. The van der Waals surface area contributed by atoms with Gasteiger partial charge in [-0.1, -0.05) is 13.8 Å². The van der Waals surface area contributed by atoms with Gasteiger partial charge in [-0.25, -0.2) is 9.59 Å². The molecular weight excluding hydrogens is 236 g/mol. The number of hydrogen-bond acceptors (Lipinski definition) is 3. The van der Waals surface area contributed by atoms with Crippen molar-refractivity contribution in [3.63, 3.8) is 0 Å². The van der Waals surface area contributed by atoms with Crippen LogP contribution in [0.15, 0.2) is 0 Å². The number of carboxylic acids is 1. The van der Waals surface area contributed by atoms with Crippen molar-refractivity contribution in [1.29, 1.82) is 0 Å². The first kappa shape index (κ1) is 14.8. The van der Waals surface area contributed by atoms with Crippen molar-refractivity contribution in [3.8, 4) is 0 Å². The van der Waals surface area contributed by atoms with Gasteiger partial charge in [0.2, 0.25) is 0 Å². The molecule has 1 saturated heterocycles. The van der Waals surface area contributed by atoms with Crippen LogP contribution in [0.4, 0.5) is 4.79 Å². The topological polar surface area (TPSA) is 70.1 Å². The van der Waals surface area contributed by atoms with E-state index >= 15 is 0 Å². The smallest absolute Gasteiger partial charge is 0.334 e. The van der Waals surface area contributed by atoms with Gasteiger partial charge >= 0.3 is 12.0 Å². The number of urea groups is 1. The van der Waals surface area contributed by atoms with E-state index in [1.54, 1.807) is 16.8 Å². The Bertz CT molecular complexity index is 304. The Balaban J connectivity index is 2.63. The lowest BCUT2D eigenvalue weighted by atomic mass is 10.1. The number of rotatable bonds is 4. The van der Waals surface area contributed by atoms with Gasteiger partial charge in [0.15, 0.2) is 6.10 Å². The number of carboxylic acid groups (broad SMARTS) is 1. The fourth-order valence-corrected chi connectivity index (χ4v) is 2.19. The molecule has 1 atom stereocenters. The van der Waals surface area contributed by atoms with Crippen LogP contribution >= 0.6 is 0 Å². The monoisotopic (exact) mass is 258 g/mol. The third kappa shape index (κ3) is 3.35. The summed E-state index contributed by atoms with van der Waals surface area (Å²) in [6.07, 6.45) is 0.884. The number of morpholine rings is 1. The molecular formula is C12H22N2O4. The molecule has 0 aromatic heterocycles. The Morgan fingerprint density at radius 2 is 2.06 bits per heavy atom. The molecule has 1 N–H and O–H groups in total. The van der Waals surface area contributed by atoms with Crippen LogP contribution in [0, 0.1) is 0 Å². The summed E-state index contributed by atoms with van der Waals surface area (Å²) in [5.41, 5.74) is 0. The van der Waals surface area contributed by atoms with Gasteiger partial charge in [0, 0.05) is 19.6 Å². The van der Waals surface area contributed by atoms with Gasteiger partial charge in [0.1, 0.15) is 0 Å². The molecule has 1 aliphatic heterocycles. The van der Waals surface area contributed by atoms with E-state index in [1.807, 2.05) is 13.8 Å². The lowest BCUT2D eigenvalue weighted by Gasteiger charge is -2.36. The number of carbonyl (C=O) groups excluding carboxylic acids is 1. The van der Waals surface area contributed by atoms with E-state index in [0.717, 1.165) is 12.8 Å². The van der Waals surface area contributed by atoms with Crippen molar-refractivity contribution in [3.05, 3.63) is 0 Å². The number of ether oxygens (including phenoxy) is 1. The minimum atomic E-state index is -1.02. The van der Waals surface area contributed by atoms with Crippen LogP contribution in [-0.2, 0) is 9.53 Å². The Morgan fingerprint density at radius 1 is 1.44 bits per heavy atom. The Kier molecular flexibility index (Phi) is 5.40. The van der Waals surface area contributed by atoms with E-state index in [-0.39, 0.29) is 25.2 Å². The summed E-state index contributed by atoms with van der Waals surface area (Å²) in [7, 11) is 1.77. The lowest BCUT2D eigenvalue weighted by Crippen LogP contribution is -2.53. The number of amides is 2. The van der Waals surface area contributed by atoms with Crippen molar-refractivity contribution in [1.82, 2.24) is 9.80 Å². The van der Waals surface area contributed by atoms with E-state index in [9.17, 15) is 9.59 Å². The predicted octanol–water partition coefficient (Wildman–Crippen LogP) is 1.01. The molecule has 104 valence electrons. The highest BCUT2D eigenvalue weighted by atomic mass is 16.5. The SMILES string of the molecule is CCC(CC)N(C)C(=O)N1CCOC(C(=O)O)C1. The van der Waals surface area contributed by atoms with Crippen molar-refractivity contribution >= 4 is 12.0 Å². The van der Waals surface area contributed by atoms with Gasteiger partial charge in [-0.2, -0.15) is 0 Å². The van der Waals surface area contributed by atoms with E-state index < -0.39 is 12.1 Å². The molecule has 6 heteroatoms. The molecule has 0 aromatic rings. The number of carbonyl (C=O) groups is 2. The van der Waals surface area contributed by atoms with Crippen LogP contribution in [0.5, 0.6) is 0 Å². The molecule has 0 saturated carbocycles. The zero-order valence-electron chi connectivity index (χ0n) is 11.3. The van der Waals surface area contributed by atoms with Crippen molar-refractivity contribution < 1.29 is 19.4 Å². The van der Waals surface area contributed by atoms with Gasteiger partial charge in [-0.05, 0) is 12.8 Å². The summed E-state index contributed by atoms with van der Waals surface area (Å²) < 4.78 is 5.10.